The van der Waals surface area contributed by atoms with Gasteiger partial charge in [-0.3, -0.25) is 4.79 Å². The van der Waals surface area contributed by atoms with Gasteiger partial charge in [0, 0.05) is 5.92 Å². The molecule has 0 radical (unpaired) electrons. The van der Waals surface area contributed by atoms with Crippen molar-refractivity contribution in [2.24, 2.45) is 16.8 Å². The van der Waals surface area contributed by atoms with Gasteiger partial charge < -0.3 is 15.5 Å². The van der Waals surface area contributed by atoms with Crippen molar-refractivity contribution < 1.29 is 14.3 Å². The highest BCUT2D eigenvalue weighted by Gasteiger charge is 2.13. The van der Waals surface area contributed by atoms with E-state index in [4.69, 9.17) is 10.6 Å². The van der Waals surface area contributed by atoms with Gasteiger partial charge in [-0.2, -0.15) is 0 Å². The molecule has 0 aliphatic carbocycles. The van der Waals surface area contributed by atoms with Crippen LogP contribution in [0.5, 0.6) is 0 Å². The zero-order valence-electron chi connectivity index (χ0n) is 12.3. The Kier molecular flexibility index (Phi) is 6.35. The number of esters is 1. The molecular formula is C14H20N4O3. The molecule has 0 atom stereocenters. The molecule has 0 spiro atoms. The van der Waals surface area contributed by atoms with Crippen molar-refractivity contribution in [2.45, 2.75) is 20.8 Å². The summed E-state index contributed by atoms with van der Waals surface area (Å²) >= 11 is 0. The molecule has 1 rings (SSSR count). The number of aliphatic imine (C=N–C) groups is 1. The highest BCUT2D eigenvalue weighted by molar-refractivity contribution is 5.97. The molecule has 0 fully saturated rings. The molecule has 4 N–H and O–H groups in total. The summed E-state index contributed by atoms with van der Waals surface area (Å²) in [6, 6.07) is 4.71. The van der Waals surface area contributed by atoms with Crippen molar-refractivity contribution in [1.82, 2.24) is 5.43 Å². The molecule has 1 aromatic carbocycles. The number of nitrogens with two attached hydrogens (primary N) is 1. The Morgan fingerprint density at radius 1 is 1.43 bits per heavy atom. The monoisotopic (exact) mass is 292 g/mol. The molecule has 0 saturated carbocycles. The zero-order chi connectivity index (χ0) is 15.8. The third-order valence-electron chi connectivity index (χ3n) is 2.57. The summed E-state index contributed by atoms with van der Waals surface area (Å²) in [6.07, 6.45) is 1.26. The minimum Gasteiger partial charge on any atom is -0.462 e. The van der Waals surface area contributed by atoms with Gasteiger partial charge in [0.05, 0.1) is 23.5 Å². The van der Waals surface area contributed by atoms with Crippen LogP contribution in [0, 0.1) is 5.92 Å². The molecule has 0 aromatic heterocycles. The van der Waals surface area contributed by atoms with E-state index in [1.165, 1.54) is 12.4 Å². The number of nitrogens with one attached hydrogen (secondary N) is 2. The van der Waals surface area contributed by atoms with Crippen LogP contribution >= 0.6 is 0 Å². The lowest BCUT2D eigenvalue weighted by molar-refractivity contribution is -0.118. The number of benzene rings is 1. The first-order valence-corrected chi connectivity index (χ1v) is 6.60. The van der Waals surface area contributed by atoms with E-state index in [-0.39, 0.29) is 18.4 Å². The van der Waals surface area contributed by atoms with Crippen LogP contribution in [0.1, 0.15) is 31.1 Å². The predicted octanol–water partition coefficient (Wildman–Crippen LogP) is 1.58. The predicted molar refractivity (Wildman–Crippen MR) is 81.3 cm³/mol. The van der Waals surface area contributed by atoms with Crippen LogP contribution < -0.4 is 16.6 Å². The smallest absolute Gasteiger partial charge is 0.338 e. The fourth-order valence-electron chi connectivity index (χ4n) is 1.47. The Bertz CT molecular complexity index is 541. The topological polar surface area (TPSA) is 106 Å². The van der Waals surface area contributed by atoms with Crippen LogP contribution in [-0.2, 0) is 9.53 Å². The second-order valence-corrected chi connectivity index (χ2v) is 4.52. The normalized spacial score (nSPS) is 10.7. The minimum atomic E-state index is -0.448. The van der Waals surface area contributed by atoms with Crippen LogP contribution in [0.2, 0.25) is 0 Å². The molecule has 7 heteroatoms. The maximum atomic E-state index is 11.8. The summed E-state index contributed by atoms with van der Waals surface area (Å²) in [7, 11) is 0. The van der Waals surface area contributed by atoms with Gasteiger partial charge in [0.25, 0.3) is 0 Å². The summed E-state index contributed by atoms with van der Waals surface area (Å²) in [5, 5.41) is 2.74. The van der Waals surface area contributed by atoms with E-state index in [0.717, 1.165) is 0 Å². The SMILES string of the molecule is CCOC(=O)c1ccc(NC(=O)C(C)C)c(N=CNN)c1. The van der Waals surface area contributed by atoms with E-state index in [0.29, 0.717) is 16.9 Å². The van der Waals surface area contributed by atoms with Gasteiger partial charge in [-0.25, -0.2) is 15.6 Å². The average Bonchev–Trinajstić information content (AvgIpc) is 2.46. The van der Waals surface area contributed by atoms with Crippen molar-refractivity contribution in [1.29, 1.82) is 0 Å². The number of carbonyl (C=O) groups excluding carboxylic acids is 2. The third kappa shape index (κ3) is 4.88. The zero-order valence-corrected chi connectivity index (χ0v) is 12.3. The van der Waals surface area contributed by atoms with Gasteiger partial charge >= 0.3 is 5.97 Å². The van der Waals surface area contributed by atoms with Crippen molar-refractivity contribution in [3.05, 3.63) is 23.8 Å². The van der Waals surface area contributed by atoms with Crippen LogP contribution in [0.4, 0.5) is 11.4 Å². The molecule has 0 aliphatic rings. The molecule has 0 bridgehead atoms. The van der Waals surface area contributed by atoms with Crippen LogP contribution in [0.3, 0.4) is 0 Å². The highest BCUT2D eigenvalue weighted by atomic mass is 16.5. The van der Waals surface area contributed by atoms with Crippen molar-refractivity contribution in [3.8, 4) is 0 Å². The van der Waals surface area contributed by atoms with Crippen LogP contribution in [0.25, 0.3) is 0 Å². The fourth-order valence-corrected chi connectivity index (χ4v) is 1.47. The number of ether oxygens (including phenoxy) is 1. The number of hydrogen-bond donors (Lipinski definition) is 3. The van der Waals surface area contributed by atoms with E-state index in [1.807, 2.05) is 0 Å². The number of nitrogens with zero attached hydrogens (tertiary/aromatic N) is 1. The Hall–Kier alpha value is -2.41. The Labute approximate surface area is 123 Å². The fraction of sp³-hybridized carbons (Fsp3) is 0.357. The Morgan fingerprint density at radius 2 is 2.14 bits per heavy atom. The Morgan fingerprint density at radius 3 is 2.71 bits per heavy atom. The van der Waals surface area contributed by atoms with Crippen molar-refractivity contribution in [2.75, 3.05) is 11.9 Å². The summed E-state index contributed by atoms with van der Waals surface area (Å²) in [4.78, 5) is 27.5. The number of rotatable bonds is 6. The lowest BCUT2D eigenvalue weighted by atomic mass is 10.1. The van der Waals surface area contributed by atoms with Gasteiger partial charge in [-0.15, -0.1) is 0 Å². The lowest BCUT2D eigenvalue weighted by Gasteiger charge is -2.11. The third-order valence-corrected chi connectivity index (χ3v) is 2.57. The first-order chi connectivity index (χ1) is 9.99. The van der Waals surface area contributed by atoms with Crippen molar-refractivity contribution in [3.63, 3.8) is 0 Å². The molecule has 1 aromatic rings. The Balaban J connectivity index is 3.10. The molecule has 21 heavy (non-hydrogen) atoms. The molecule has 0 unspecified atom stereocenters. The molecule has 7 nitrogen and oxygen atoms in total. The quantitative estimate of drug-likeness (QED) is 0.243. The standard InChI is InChI=1S/C14H20N4O3/c1-4-21-14(20)10-5-6-11(18-13(19)9(2)3)12(7-10)16-8-17-15/h5-9H,4,15H2,1-3H3,(H,16,17)(H,18,19). The molecule has 1 amide bonds. The summed E-state index contributed by atoms with van der Waals surface area (Å²) in [6.45, 7) is 5.58. The van der Waals surface area contributed by atoms with Gasteiger partial charge in [0.2, 0.25) is 5.91 Å². The van der Waals surface area contributed by atoms with E-state index < -0.39 is 5.97 Å². The van der Waals surface area contributed by atoms with E-state index in [9.17, 15) is 9.59 Å². The highest BCUT2D eigenvalue weighted by Crippen LogP contribution is 2.27. The summed E-state index contributed by atoms with van der Waals surface area (Å²) < 4.78 is 4.93. The number of anilines is 1. The molecule has 0 saturated heterocycles. The van der Waals surface area contributed by atoms with Gasteiger partial charge in [0.1, 0.15) is 6.34 Å². The van der Waals surface area contributed by atoms with Gasteiger partial charge in [-0.05, 0) is 25.1 Å². The summed E-state index contributed by atoms with van der Waals surface area (Å²) in [5.41, 5.74) is 3.53. The minimum absolute atomic E-state index is 0.143. The second kappa shape index (κ2) is 8.01. The van der Waals surface area contributed by atoms with Crippen LogP contribution in [0.15, 0.2) is 23.2 Å². The van der Waals surface area contributed by atoms with Gasteiger partial charge in [0.15, 0.2) is 0 Å². The van der Waals surface area contributed by atoms with E-state index in [2.05, 4.69) is 15.7 Å². The maximum absolute atomic E-state index is 11.8. The van der Waals surface area contributed by atoms with Gasteiger partial charge in [-0.1, -0.05) is 13.8 Å². The van der Waals surface area contributed by atoms with E-state index >= 15 is 0 Å². The second-order valence-electron chi connectivity index (χ2n) is 4.52. The molecule has 0 aliphatic heterocycles. The number of hydrazine groups is 1. The maximum Gasteiger partial charge on any atom is 0.338 e. The average molecular weight is 292 g/mol. The first-order valence-electron chi connectivity index (χ1n) is 6.60. The number of carbonyl (C=O) groups is 2. The number of amides is 1. The number of hydrogen-bond acceptors (Lipinski definition) is 5. The first kappa shape index (κ1) is 16.6. The van der Waals surface area contributed by atoms with E-state index in [1.54, 1.807) is 32.9 Å². The largest absolute Gasteiger partial charge is 0.462 e. The molecule has 0 heterocycles. The molecule has 114 valence electrons. The van der Waals surface area contributed by atoms with Crippen molar-refractivity contribution >= 4 is 29.6 Å². The lowest BCUT2D eigenvalue weighted by Crippen LogP contribution is -2.19. The molecular weight excluding hydrogens is 272 g/mol. The van der Waals surface area contributed by atoms with Crippen LogP contribution in [-0.4, -0.2) is 24.8 Å². The summed E-state index contributed by atoms with van der Waals surface area (Å²) in [5.74, 6) is 4.39.